The standard InChI is InChI=1S/C21H26N4O4/c1-13(2)22-21(28)23-16-8-6-7-14(11-16)19(26)24-17-12-15(20(27)25(3)4)9-10-18(17)29-5/h6-13H,1-5H3,(H,24,26)(H2,22,23,28). The summed E-state index contributed by atoms with van der Waals surface area (Å²) in [6.45, 7) is 3.71. The number of nitrogens with one attached hydrogen (secondary N) is 3. The van der Waals surface area contributed by atoms with E-state index in [1.807, 2.05) is 13.8 Å². The monoisotopic (exact) mass is 398 g/mol. The molecule has 0 radical (unpaired) electrons. The van der Waals surface area contributed by atoms with Crippen molar-refractivity contribution in [1.29, 1.82) is 0 Å². The van der Waals surface area contributed by atoms with Crippen molar-refractivity contribution >= 4 is 29.2 Å². The molecule has 0 fully saturated rings. The van der Waals surface area contributed by atoms with Gasteiger partial charge in [-0.05, 0) is 50.2 Å². The summed E-state index contributed by atoms with van der Waals surface area (Å²) >= 11 is 0. The minimum absolute atomic E-state index is 0.00824. The van der Waals surface area contributed by atoms with Crippen LogP contribution >= 0.6 is 0 Å². The summed E-state index contributed by atoms with van der Waals surface area (Å²) in [7, 11) is 4.79. The van der Waals surface area contributed by atoms with Gasteiger partial charge in [-0.3, -0.25) is 9.59 Å². The molecule has 0 aliphatic rings. The van der Waals surface area contributed by atoms with E-state index >= 15 is 0 Å². The third kappa shape index (κ3) is 5.97. The second kappa shape index (κ2) is 9.59. The van der Waals surface area contributed by atoms with Crippen LogP contribution < -0.4 is 20.7 Å². The summed E-state index contributed by atoms with van der Waals surface area (Å²) in [4.78, 5) is 38.2. The summed E-state index contributed by atoms with van der Waals surface area (Å²) in [6, 6.07) is 11.0. The Labute approximate surface area is 170 Å². The molecule has 3 N–H and O–H groups in total. The Balaban J connectivity index is 2.21. The van der Waals surface area contributed by atoms with Gasteiger partial charge in [-0.15, -0.1) is 0 Å². The number of anilines is 2. The van der Waals surface area contributed by atoms with Crippen molar-refractivity contribution in [2.24, 2.45) is 0 Å². The SMILES string of the molecule is COc1ccc(C(=O)N(C)C)cc1NC(=O)c1cccc(NC(=O)NC(C)C)c1. The molecule has 4 amide bonds. The summed E-state index contributed by atoms with van der Waals surface area (Å²) in [5, 5.41) is 8.17. The summed E-state index contributed by atoms with van der Waals surface area (Å²) < 4.78 is 5.29. The van der Waals surface area contributed by atoms with E-state index in [0.29, 0.717) is 28.3 Å². The number of amides is 4. The first-order valence-corrected chi connectivity index (χ1v) is 9.10. The molecule has 2 aromatic carbocycles. The van der Waals surface area contributed by atoms with E-state index in [4.69, 9.17) is 4.74 Å². The highest BCUT2D eigenvalue weighted by Crippen LogP contribution is 2.27. The molecule has 0 aliphatic heterocycles. The highest BCUT2D eigenvalue weighted by Gasteiger charge is 2.15. The van der Waals surface area contributed by atoms with E-state index in [9.17, 15) is 14.4 Å². The molecule has 0 unspecified atom stereocenters. The third-order valence-corrected chi connectivity index (χ3v) is 3.90. The Morgan fingerprint density at radius 1 is 0.966 bits per heavy atom. The maximum absolute atomic E-state index is 12.7. The first kappa shape index (κ1) is 21.7. The number of carbonyl (C=O) groups is 3. The Morgan fingerprint density at radius 2 is 1.69 bits per heavy atom. The van der Waals surface area contributed by atoms with Gasteiger partial charge in [0.2, 0.25) is 0 Å². The van der Waals surface area contributed by atoms with E-state index in [-0.39, 0.29) is 18.0 Å². The molecule has 0 bridgehead atoms. The van der Waals surface area contributed by atoms with Crippen LogP contribution in [0.3, 0.4) is 0 Å². The van der Waals surface area contributed by atoms with Crippen LogP contribution in [0.25, 0.3) is 0 Å². The van der Waals surface area contributed by atoms with Crippen LogP contribution in [0.2, 0.25) is 0 Å². The molecule has 154 valence electrons. The smallest absolute Gasteiger partial charge is 0.319 e. The van der Waals surface area contributed by atoms with Gasteiger partial charge in [0.15, 0.2) is 0 Å². The van der Waals surface area contributed by atoms with Crippen molar-refractivity contribution in [1.82, 2.24) is 10.2 Å². The van der Waals surface area contributed by atoms with Gasteiger partial charge < -0.3 is 25.6 Å². The lowest BCUT2D eigenvalue weighted by atomic mass is 10.1. The fourth-order valence-corrected chi connectivity index (χ4v) is 2.56. The van der Waals surface area contributed by atoms with Crippen LogP contribution in [-0.2, 0) is 0 Å². The third-order valence-electron chi connectivity index (χ3n) is 3.90. The van der Waals surface area contributed by atoms with Crippen LogP contribution in [0.1, 0.15) is 34.6 Å². The molecule has 8 nitrogen and oxygen atoms in total. The molecule has 0 aliphatic carbocycles. The number of urea groups is 1. The first-order chi connectivity index (χ1) is 13.7. The molecule has 0 saturated heterocycles. The van der Waals surface area contributed by atoms with Crippen LogP contribution in [0.15, 0.2) is 42.5 Å². The first-order valence-electron chi connectivity index (χ1n) is 9.10. The number of ether oxygens (including phenoxy) is 1. The Bertz CT molecular complexity index is 909. The predicted molar refractivity (Wildman–Crippen MR) is 113 cm³/mol. The zero-order chi connectivity index (χ0) is 21.6. The van der Waals surface area contributed by atoms with Crippen molar-refractivity contribution in [3.8, 4) is 5.75 Å². The normalized spacial score (nSPS) is 10.3. The molecule has 0 aromatic heterocycles. The number of carbonyl (C=O) groups excluding carboxylic acids is 3. The highest BCUT2D eigenvalue weighted by molar-refractivity contribution is 6.07. The zero-order valence-corrected chi connectivity index (χ0v) is 17.2. The molecule has 8 heteroatoms. The van der Waals surface area contributed by atoms with Crippen molar-refractivity contribution in [2.75, 3.05) is 31.8 Å². The van der Waals surface area contributed by atoms with Gasteiger partial charge in [0, 0.05) is 37.0 Å². The number of hydrogen-bond acceptors (Lipinski definition) is 4. The molecule has 0 saturated carbocycles. The van der Waals surface area contributed by atoms with E-state index in [2.05, 4.69) is 16.0 Å². The van der Waals surface area contributed by atoms with Crippen LogP contribution in [-0.4, -0.2) is 50.0 Å². The Hall–Kier alpha value is -3.55. The molecule has 29 heavy (non-hydrogen) atoms. The fourth-order valence-electron chi connectivity index (χ4n) is 2.56. The lowest BCUT2D eigenvalue weighted by molar-refractivity contribution is 0.0827. The zero-order valence-electron chi connectivity index (χ0n) is 17.2. The molecule has 2 aromatic rings. The topological polar surface area (TPSA) is 99.8 Å². The predicted octanol–water partition coefficient (Wildman–Crippen LogP) is 3.18. The largest absolute Gasteiger partial charge is 0.495 e. The number of nitrogens with zero attached hydrogens (tertiary/aromatic N) is 1. The van der Waals surface area contributed by atoms with Gasteiger partial charge in [0.05, 0.1) is 12.8 Å². The molecule has 0 spiro atoms. The van der Waals surface area contributed by atoms with Gasteiger partial charge in [0.1, 0.15) is 5.75 Å². The van der Waals surface area contributed by atoms with Crippen LogP contribution in [0, 0.1) is 0 Å². The van der Waals surface area contributed by atoms with Crippen molar-refractivity contribution in [2.45, 2.75) is 19.9 Å². The second-order valence-corrected chi connectivity index (χ2v) is 6.90. The van der Waals surface area contributed by atoms with Gasteiger partial charge in [0.25, 0.3) is 11.8 Å². The van der Waals surface area contributed by atoms with Crippen molar-refractivity contribution in [3.63, 3.8) is 0 Å². The average molecular weight is 398 g/mol. The van der Waals surface area contributed by atoms with Crippen molar-refractivity contribution < 1.29 is 19.1 Å². The van der Waals surface area contributed by atoms with E-state index in [1.165, 1.54) is 12.0 Å². The summed E-state index contributed by atoms with van der Waals surface area (Å²) in [6.07, 6.45) is 0. The lowest BCUT2D eigenvalue weighted by Crippen LogP contribution is -2.34. The Morgan fingerprint density at radius 3 is 2.31 bits per heavy atom. The fraction of sp³-hybridized carbons (Fsp3) is 0.286. The summed E-state index contributed by atoms with van der Waals surface area (Å²) in [5.74, 6) is -0.157. The van der Waals surface area contributed by atoms with Crippen molar-refractivity contribution in [3.05, 3.63) is 53.6 Å². The van der Waals surface area contributed by atoms with Gasteiger partial charge in [-0.2, -0.15) is 0 Å². The maximum Gasteiger partial charge on any atom is 0.319 e. The van der Waals surface area contributed by atoms with Gasteiger partial charge >= 0.3 is 6.03 Å². The highest BCUT2D eigenvalue weighted by atomic mass is 16.5. The maximum atomic E-state index is 12.7. The van der Waals surface area contributed by atoms with Gasteiger partial charge in [-0.25, -0.2) is 4.79 Å². The molecule has 0 atom stereocenters. The minimum Gasteiger partial charge on any atom is -0.495 e. The summed E-state index contributed by atoms with van der Waals surface area (Å²) in [5.41, 5.74) is 1.63. The number of rotatable bonds is 6. The number of benzene rings is 2. The lowest BCUT2D eigenvalue weighted by Gasteiger charge is -2.15. The number of hydrogen-bond donors (Lipinski definition) is 3. The molecule has 2 rings (SSSR count). The van der Waals surface area contributed by atoms with E-state index < -0.39 is 5.91 Å². The molecular weight excluding hydrogens is 372 g/mol. The van der Waals surface area contributed by atoms with E-state index in [1.54, 1.807) is 56.6 Å². The number of methoxy groups -OCH3 is 1. The minimum atomic E-state index is -0.398. The molecule has 0 heterocycles. The van der Waals surface area contributed by atoms with Crippen LogP contribution in [0.5, 0.6) is 5.75 Å². The van der Waals surface area contributed by atoms with Crippen LogP contribution in [0.4, 0.5) is 16.2 Å². The molecular formula is C21H26N4O4. The average Bonchev–Trinajstić information content (AvgIpc) is 2.66. The Kier molecular flexibility index (Phi) is 7.19. The van der Waals surface area contributed by atoms with E-state index in [0.717, 1.165) is 0 Å². The quantitative estimate of drug-likeness (QED) is 0.696. The van der Waals surface area contributed by atoms with Gasteiger partial charge in [-0.1, -0.05) is 6.07 Å². The second-order valence-electron chi connectivity index (χ2n) is 6.90.